The first-order valence-electron chi connectivity index (χ1n) is 7.59. The van der Waals surface area contributed by atoms with E-state index >= 15 is 0 Å². The summed E-state index contributed by atoms with van der Waals surface area (Å²) in [5.74, 6) is 0. The lowest BCUT2D eigenvalue weighted by molar-refractivity contribution is 0.122. The third kappa shape index (κ3) is 1.87. The minimum absolute atomic E-state index is 0.303. The van der Waals surface area contributed by atoms with E-state index in [1.807, 2.05) is 0 Å². The molecule has 2 aliphatic heterocycles. The molecule has 19 heavy (non-hydrogen) atoms. The molecule has 1 N–H and O–H groups in total. The molecule has 0 radical (unpaired) electrons. The van der Waals surface area contributed by atoms with Crippen LogP contribution in [0.3, 0.4) is 0 Å². The van der Waals surface area contributed by atoms with Crippen molar-refractivity contribution in [2.45, 2.75) is 31.2 Å². The number of hydrogen-bond donors (Lipinski definition) is 1. The molecule has 1 aliphatic carbocycles. The van der Waals surface area contributed by atoms with Gasteiger partial charge in [0.2, 0.25) is 0 Å². The SMILES string of the molecule is c1cc2c(cc1N1CCOCC1)[C@@]1(CCCN1)CC2. The summed E-state index contributed by atoms with van der Waals surface area (Å²) >= 11 is 0. The number of rotatable bonds is 1. The number of morpholine rings is 1. The molecule has 3 nitrogen and oxygen atoms in total. The van der Waals surface area contributed by atoms with Crippen molar-refractivity contribution in [3.05, 3.63) is 29.3 Å². The Morgan fingerprint density at radius 3 is 2.84 bits per heavy atom. The third-order valence-electron chi connectivity index (χ3n) is 5.05. The van der Waals surface area contributed by atoms with Crippen LogP contribution in [0, 0.1) is 0 Å². The third-order valence-corrected chi connectivity index (χ3v) is 5.05. The van der Waals surface area contributed by atoms with Crippen LogP contribution in [0.2, 0.25) is 0 Å². The van der Waals surface area contributed by atoms with E-state index in [2.05, 4.69) is 28.4 Å². The maximum atomic E-state index is 5.45. The van der Waals surface area contributed by atoms with Crippen LogP contribution in [0.1, 0.15) is 30.4 Å². The molecule has 0 bridgehead atoms. The van der Waals surface area contributed by atoms with Gasteiger partial charge in [0.25, 0.3) is 0 Å². The van der Waals surface area contributed by atoms with Gasteiger partial charge in [0.05, 0.1) is 13.2 Å². The fourth-order valence-corrected chi connectivity index (χ4v) is 3.98. The van der Waals surface area contributed by atoms with E-state index in [0.29, 0.717) is 5.54 Å². The number of fused-ring (bicyclic) bond motifs is 2. The van der Waals surface area contributed by atoms with Crippen molar-refractivity contribution in [2.24, 2.45) is 0 Å². The first-order valence-corrected chi connectivity index (χ1v) is 7.59. The van der Waals surface area contributed by atoms with Crippen molar-refractivity contribution in [2.75, 3.05) is 37.7 Å². The summed E-state index contributed by atoms with van der Waals surface area (Å²) in [7, 11) is 0. The second kappa shape index (κ2) is 4.50. The molecule has 3 aliphatic rings. The van der Waals surface area contributed by atoms with Crippen LogP contribution in [0.15, 0.2) is 18.2 Å². The van der Waals surface area contributed by atoms with Crippen LogP contribution in [-0.2, 0) is 16.7 Å². The zero-order valence-corrected chi connectivity index (χ0v) is 11.5. The second-order valence-electron chi connectivity index (χ2n) is 6.05. The van der Waals surface area contributed by atoms with E-state index in [9.17, 15) is 0 Å². The Hall–Kier alpha value is -1.06. The molecule has 0 unspecified atom stereocenters. The van der Waals surface area contributed by atoms with Gasteiger partial charge in [0.15, 0.2) is 0 Å². The number of aryl methyl sites for hydroxylation is 1. The average molecular weight is 258 g/mol. The van der Waals surface area contributed by atoms with Crippen molar-refractivity contribution < 1.29 is 4.74 Å². The molecule has 1 aromatic rings. The summed E-state index contributed by atoms with van der Waals surface area (Å²) in [4.78, 5) is 2.46. The first-order chi connectivity index (χ1) is 9.37. The number of hydrogen-bond acceptors (Lipinski definition) is 3. The lowest BCUT2D eigenvalue weighted by Crippen LogP contribution is -2.37. The second-order valence-corrected chi connectivity index (χ2v) is 6.05. The highest BCUT2D eigenvalue weighted by Gasteiger charge is 2.40. The molecule has 2 heterocycles. The Labute approximate surface area is 114 Å². The van der Waals surface area contributed by atoms with Crippen molar-refractivity contribution in [3.63, 3.8) is 0 Å². The highest BCUT2D eigenvalue weighted by Crippen LogP contribution is 2.44. The van der Waals surface area contributed by atoms with Gasteiger partial charge in [0.1, 0.15) is 0 Å². The summed E-state index contributed by atoms with van der Waals surface area (Å²) in [5, 5.41) is 3.78. The van der Waals surface area contributed by atoms with Gasteiger partial charge in [-0.2, -0.15) is 0 Å². The molecular weight excluding hydrogens is 236 g/mol. The van der Waals surface area contributed by atoms with E-state index < -0.39 is 0 Å². The van der Waals surface area contributed by atoms with Gasteiger partial charge < -0.3 is 15.0 Å². The Morgan fingerprint density at radius 1 is 1.16 bits per heavy atom. The summed E-state index contributed by atoms with van der Waals surface area (Å²) in [5.41, 5.74) is 4.83. The topological polar surface area (TPSA) is 24.5 Å². The highest BCUT2D eigenvalue weighted by molar-refractivity contribution is 5.55. The molecule has 0 saturated carbocycles. The van der Waals surface area contributed by atoms with Gasteiger partial charge in [0, 0.05) is 24.3 Å². The number of anilines is 1. The fourth-order valence-electron chi connectivity index (χ4n) is 3.98. The van der Waals surface area contributed by atoms with Gasteiger partial charge in [-0.3, -0.25) is 0 Å². The zero-order valence-electron chi connectivity index (χ0n) is 11.5. The van der Waals surface area contributed by atoms with E-state index in [1.165, 1.54) is 37.9 Å². The number of benzene rings is 1. The monoisotopic (exact) mass is 258 g/mol. The van der Waals surface area contributed by atoms with Crippen molar-refractivity contribution in [1.82, 2.24) is 5.32 Å². The maximum Gasteiger partial charge on any atom is 0.0642 e. The molecule has 0 aromatic heterocycles. The van der Waals surface area contributed by atoms with Crippen LogP contribution in [0.5, 0.6) is 0 Å². The minimum atomic E-state index is 0.303. The summed E-state index contributed by atoms with van der Waals surface area (Å²) in [6, 6.07) is 7.11. The molecule has 4 rings (SSSR count). The van der Waals surface area contributed by atoms with Crippen molar-refractivity contribution in [3.8, 4) is 0 Å². The molecular formula is C16H22N2O. The lowest BCUT2D eigenvalue weighted by Gasteiger charge is -2.31. The molecule has 102 valence electrons. The predicted molar refractivity (Wildman–Crippen MR) is 76.7 cm³/mol. The smallest absolute Gasteiger partial charge is 0.0642 e. The highest BCUT2D eigenvalue weighted by atomic mass is 16.5. The van der Waals surface area contributed by atoms with Crippen molar-refractivity contribution >= 4 is 5.69 Å². The molecule has 2 saturated heterocycles. The Balaban J connectivity index is 1.68. The molecule has 3 heteroatoms. The first kappa shape index (κ1) is 11.7. The van der Waals surface area contributed by atoms with Gasteiger partial charge >= 0.3 is 0 Å². The van der Waals surface area contributed by atoms with Crippen LogP contribution < -0.4 is 10.2 Å². The van der Waals surface area contributed by atoms with Crippen LogP contribution in [-0.4, -0.2) is 32.8 Å². The Kier molecular flexibility index (Phi) is 2.78. The number of ether oxygens (including phenoxy) is 1. The van der Waals surface area contributed by atoms with Gasteiger partial charge in [-0.25, -0.2) is 0 Å². The van der Waals surface area contributed by atoms with Crippen molar-refractivity contribution in [1.29, 1.82) is 0 Å². The van der Waals surface area contributed by atoms with Gasteiger partial charge in [-0.15, -0.1) is 0 Å². The quantitative estimate of drug-likeness (QED) is 0.834. The van der Waals surface area contributed by atoms with E-state index in [-0.39, 0.29) is 0 Å². The van der Waals surface area contributed by atoms with E-state index in [0.717, 1.165) is 26.3 Å². The molecule has 1 aromatic carbocycles. The molecule has 2 fully saturated rings. The summed E-state index contributed by atoms with van der Waals surface area (Å²) in [6.45, 7) is 4.96. The summed E-state index contributed by atoms with van der Waals surface area (Å²) < 4.78 is 5.45. The lowest BCUT2D eigenvalue weighted by atomic mass is 9.90. The van der Waals surface area contributed by atoms with Gasteiger partial charge in [-0.05, 0) is 55.5 Å². The fraction of sp³-hybridized carbons (Fsp3) is 0.625. The normalized spacial score (nSPS) is 30.0. The Morgan fingerprint density at radius 2 is 2.05 bits per heavy atom. The molecule has 1 atom stereocenters. The largest absolute Gasteiger partial charge is 0.378 e. The van der Waals surface area contributed by atoms with Crippen LogP contribution >= 0.6 is 0 Å². The number of nitrogens with one attached hydrogen (secondary N) is 1. The average Bonchev–Trinajstić information content (AvgIpc) is 3.09. The maximum absolute atomic E-state index is 5.45. The number of nitrogens with zero attached hydrogens (tertiary/aromatic N) is 1. The van der Waals surface area contributed by atoms with Gasteiger partial charge in [-0.1, -0.05) is 6.07 Å². The summed E-state index contributed by atoms with van der Waals surface area (Å²) in [6.07, 6.45) is 5.16. The van der Waals surface area contributed by atoms with Crippen LogP contribution in [0.25, 0.3) is 0 Å². The zero-order chi connectivity index (χ0) is 12.7. The Bertz CT molecular complexity index is 474. The minimum Gasteiger partial charge on any atom is -0.378 e. The standard InChI is InChI=1S/C16H22N2O/c1-5-16(17-7-1)6-4-13-2-3-14(12-15(13)16)18-8-10-19-11-9-18/h2-3,12,17H,1,4-11H2/t16-/m1/s1. The molecule has 0 amide bonds. The molecule has 1 spiro atoms. The predicted octanol–water partition coefficient (Wildman–Crippen LogP) is 2.05. The van der Waals surface area contributed by atoms with E-state index in [4.69, 9.17) is 4.74 Å². The van der Waals surface area contributed by atoms with Crippen LogP contribution in [0.4, 0.5) is 5.69 Å². The van der Waals surface area contributed by atoms with E-state index in [1.54, 1.807) is 11.1 Å².